The van der Waals surface area contributed by atoms with Gasteiger partial charge in [0.15, 0.2) is 0 Å². The van der Waals surface area contributed by atoms with E-state index in [0.29, 0.717) is 6.04 Å². The number of benzene rings is 1. The van der Waals surface area contributed by atoms with Crippen molar-refractivity contribution < 1.29 is 0 Å². The summed E-state index contributed by atoms with van der Waals surface area (Å²) in [6.45, 7) is 6.77. The molecule has 94 valence electrons. The molecule has 1 saturated heterocycles. The van der Waals surface area contributed by atoms with Crippen molar-refractivity contribution in [3.63, 3.8) is 0 Å². The lowest BCUT2D eigenvalue weighted by molar-refractivity contribution is 0.625. The molecule has 0 amide bonds. The first-order chi connectivity index (χ1) is 8.11. The molecule has 0 bridgehead atoms. The molecule has 1 aromatic carbocycles. The summed E-state index contributed by atoms with van der Waals surface area (Å²) in [4.78, 5) is 2.54. The van der Waals surface area contributed by atoms with E-state index in [1.165, 1.54) is 28.7 Å². The van der Waals surface area contributed by atoms with Crippen LogP contribution in [0.2, 0.25) is 0 Å². The summed E-state index contributed by atoms with van der Waals surface area (Å²) < 4.78 is 1.17. The fourth-order valence-electron chi connectivity index (χ4n) is 2.78. The molecule has 17 heavy (non-hydrogen) atoms. The highest BCUT2D eigenvalue weighted by Crippen LogP contribution is 2.33. The maximum atomic E-state index is 3.58. The summed E-state index contributed by atoms with van der Waals surface area (Å²) >= 11 is 3.58. The van der Waals surface area contributed by atoms with Crippen molar-refractivity contribution in [1.82, 2.24) is 5.32 Å². The molecule has 0 aliphatic carbocycles. The van der Waals surface area contributed by atoms with Gasteiger partial charge in [-0.2, -0.15) is 0 Å². The fraction of sp³-hybridized carbons (Fsp3) is 0.571. The molecule has 2 unspecified atom stereocenters. The molecule has 1 N–H and O–H groups in total. The van der Waals surface area contributed by atoms with Crippen LogP contribution in [0.15, 0.2) is 22.7 Å². The van der Waals surface area contributed by atoms with Crippen molar-refractivity contribution in [3.8, 4) is 0 Å². The zero-order valence-corrected chi connectivity index (χ0v) is 12.4. The summed E-state index contributed by atoms with van der Waals surface area (Å²) in [6.07, 6.45) is 1.30. The van der Waals surface area contributed by atoms with E-state index in [4.69, 9.17) is 0 Å². The van der Waals surface area contributed by atoms with Crippen molar-refractivity contribution in [2.24, 2.45) is 5.92 Å². The van der Waals surface area contributed by atoms with Crippen LogP contribution < -0.4 is 10.2 Å². The van der Waals surface area contributed by atoms with Crippen molar-refractivity contribution in [2.45, 2.75) is 32.9 Å². The molecule has 1 fully saturated rings. The number of nitrogens with one attached hydrogen (secondary N) is 1. The van der Waals surface area contributed by atoms with Gasteiger partial charge in [0, 0.05) is 29.3 Å². The van der Waals surface area contributed by atoms with Crippen LogP contribution in [0.3, 0.4) is 0 Å². The van der Waals surface area contributed by atoms with Gasteiger partial charge >= 0.3 is 0 Å². The molecule has 0 spiro atoms. The Morgan fingerprint density at radius 2 is 2.18 bits per heavy atom. The van der Waals surface area contributed by atoms with E-state index in [0.717, 1.165) is 12.5 Å². The van der Waals surface area contributed by atoms with E-state index in [2.05, 4.69) is 58.2 Å². The Bertz CT molecular complexity index is 392. The molecule has 0 saturated carbocycles. The molecular formula is C14H21BrN2. The smallest absolute Gasteiger partial charge is 0.0425 e. The Morgan fingerprint density at radius 1 is 1.41 bits per heavy atom. The largest absolute Gasteiger partial charge is 0.368 e. The second-order valence-electron chi connectivity index (χ2n) is 5.15. The van der Waals surface area contributed by atoms with Gasteiger partial charge in [-0.15, -0.1) is 0 Å². The minimum Gasteiger partial charge on any atom is -0.368 e. The van der Waals surface area contributed by atoms with E-state index in [-0.39, 0.29) is 0 Å². The highest BCUT2D eigenvalue weighted by molar-refractivity contribution is 9.10. The van der Waals surface area contributed by atoms with Crippen LogP contribution in [-0.2, 0) is 6.54 Å². The van der Waals surface area contributed by atoms with Gasteiger partial charge in [-0.1, -0.05) is 28.9 Å². The number of nitrogens with zero attached hydrogens (tertiary/aromatic N) is 1. The molecule has 0 aromatic heterocycles. The summed E-state index contributed by atoms with van der Waals surface area (Å²) in [7, 11) is 2.00. The Labute approximate surface area is 113 Å². The first-order valence-electron chi connectivity index (χ1n) is 6.31. The molecule has 1 heterocycles. The average Bonchev–Trinajstić information content (AvgIpc) is 2.61. The van der Waals surface area contributed by atoms with Crippen LogP contribution in [0.5, 0.6) is 0 Å². The average molecular weight is 297 g/mol. The molecule has 1 aliphatic rings. The van der Waals surface area contributed by atoms with Gasteiger partial charge in [0.25, 0.3) is 0 Å². The molecular weight excluding hydrogens is 276 g/mol. The zero-order valence-electron chi connectivity index (χ0n) is 10.8. The first-order valence-corrected chi connectivity index (χ1v) is 7.10. The highest BCUT2D eigenvalue weighted by Gasteiger charge is 2.27. The van der Waals surface area contributed by atoms with E-state index < -0.39 is 0 Å². The third kappa shape index (κ3) is 2.83. The lowest BCUT2D eigenvalue weighted by Crippen LogP contribution is -2.28. The van der Waals surface area contributed by atoms with Crippen molar-refractivity contribution in [3.05, 3.63) is 28.2 Å². The third-order valence-electron chi connectivity index (χ3n) is 3.51. The minimum atomic E-state index is 0.648. The lowest BCUT2D eigenvalue weighted by Gasteiger charge is -2.27. The number of hydrogen-bond donors (Lipinski definition) is 1. The summed E-state index contributed by atoms with van der Waals surface area (Å²) in [5, 5.41) is 3.25. The van der Waals surface area contributed by atoms with E-state index >= 15 is 0 Å². The topological polar surface area (TPSA) is 15.3 Å². The maximum Gasteiger partial charge on any atom is 0.0425 e. The third-order valence-corrected chi connectivity index (χ3v) is 4.00. The van der Waals surface area contributed by atoms with Crippen LogP contribution in [0, 0.1) is 5.92 Å². The van der Waals surface area contributed by atoms with E-state index in [1.54, 1.807) is 0 Å². The zero-order chi connectivity index (χ0) is 12.4. The van der Waals surface area contributed by atoms with E-state index in [1.807, 2.05) is 7.05 Å². The number of rotatable bonds is 3. The quantitative estimate of drug-likeness (QED) is 0.920. The highest BCUT2D eigenvalue weighted by atomic mass is 79.9. The molecule has 1 aliphatic heterocycles. The predicted octanol–water partition coefficient (Wildman–Crippen LogP) is 3.40. The molecule has 2 nitrogen and oxygen atoms in total. The van der Waals surface area contributed by atoms with Crippen molar-refractivity contribution in [2.75, 3.05) is 18.5 Å². The van der Waals surface area contributed by atoms with Crippen LogP contribution in [-0.4, -0.2) is 19.6 Å². The molecule has 3 heteroatoms. The Hall–Kier alpha value is -0.540. The van der Waals surface area contributed by atoms with Gasteiger partial charge in [-0.3, -0.25) is 0 Å². The van der Waals surface area contributed by atoms with Crippen molar-refractivity contribution in [1.29, 1.82) is 0 Å². The number of hydrogen-bond acceptors (Lipinski definition) is 2. The lowest BCUT2D eigenvalue weighted by atomic mass is 10.1. The Kier molecular flexibility index (Phi) is 4.10. The maximum absolute atomic E-state index is 3.58. The second kappa shape index (κ2) is 5.40. The van der Waals surface area contributed by atoms with Gasteiger partial charge < -0.3 is 10.2 Å². The van der Waals surface area contributed by atoms with Gasteiger partial charge in [0.1, 0.15) is 0 Å². The molecule has 1 aromatic rings. The summed E-state index contributed by atoms with van der Waals surface area (Å²) in [5.41, 5.74) is 2.77. The van der Waals surface area contributed by atoms with Gasteiger partial charge in [-0.25, -0.2) is 0 Å². The van der Waals surface area contributed by atoms with Gasteiger partial charge in [0.2, 0.25) is 0 Å². The number of halogens is 1. The Morgan fingerprint density at radius 3 is 2.76 bits per heavy atom. The SMILES string of the molecule is CNCc1ccc(Br)cc1N1CC(C)CC1C. The van der Waals surface area contributed by atoms with Gasteiger partial charge in [-0.05, 0) is 44.0 Å². The fourth-order valence-corrected chi connectivity index (χ4v) is 3.13. The van der Waals surface area contributed by atoms with E-state index in [9.17, 15) is 0 Å². The van der Waals surface area contributed by atoms with Crippen molar-refractivity contribution >= 4 is 21.6 Å². The monoisotopic (exact) mass is 296 g/mol. The predicted molar refractivity (Wildman–Crippen MR) is 77.5 cm³/mol. The Balaban J connectivity index is 2.32. The van der Waals surface area contributed by atoms with Crippen LogP contribution in [0.25, 0.3) is 0 Å². The second-order valence-corrected chi connectivity index (χ2v) is 6.06. The van der Waals surface area contributed by atoms with Crippen LogP contribution in [0.4, 0.5) is 5.69 Å². The molecule has 2 atom stereocenters. The molecule has 2 rings (SSSR count). The first kappa shape index (κ1) is 12.9. The van der Waals surface area contributed by atoms with Crippen LogP contribution in [0.1, 0.15) is 25.8 Å². The van der Waals surface area contributed by atoms with Crippen LogP contribution >= 0.6 is 15.9 Å². The standard InChI is InChI=1S/C14H21BrN2/c1-10-6-11(2)17(9-10)14-7-13(15)5-4-12(14)8-16-3/h4-5,7,10-11,16H,6,8-9H2,1-3H3. The van der Waals surface area contributed by atoms with Gasteiger partial charge in [0.05, 0.1) is 0 Å². The normalized spacial score (nSPS) is 24.4. The summed E-state index contributed by atoms with van der Waals surface area (Å²) in [5.74, 6) is 0.798. The molecule has 0 radical (unpaired) electrons. The summed E-state index contributed by atoms with van der Waals surface area (Å²) in [6, 6.07) is 7.24. The number of anilines is 1. The minimum absolute atomic E-state index is 0.648.